The fourth-order valence-electron chi connectivity index (χ4n) is 2.52. The molecule has 0 atom stereocenters. The number of pyridine rings is 1. The Labute approximate surface area is 161 Å². The van der Waals surface area contributed by atoms with Gasteiger partial charge in [0.05, 0.1) is 11.9 Å². The van der Waals surface area contributed by atoms with Gasteiger partial charge in [-0.2, -0.15) is 0 Å². The lowest BCUT2D eigenvalue weighted by Crippen LogP contribution is -2.30. The molecule has 3 aromatic rings. The number of benzene rings is 1. The van der Waals surface area contributed by atoms with Crippen molar-refractivity contribution in [2.45, 2.75) is 12.8 Å². The van der Waals surface area contributed by atoms with Gasteiger partial charge < -0.3 is 15.1 Å². The molecule has 0 spiro atoms. The molecular formula is C18H20N5O4P. The number of carbonyl (C=O) groups excluding carboxylic acids is 1. The van der Waals surface area contributed by atoms with Crippen molar-refractivity contribution >= 4 is 30.6 Å². The standard InChI is InChI=1S/C18H20N5O4P/c24-18(19-10-4-5-11-28(25,26)27)23-16-9-8-14-17(22-16)21-15(12-20-14)13-6-2-1-3-7-13/h1-3,6-9,12H,4-5,10-11H2,(H2,25,26,27)(H2,19,21,22,23,24). The second-order valence-corrected chi connectivity index (χ2v) is 7.91. The molecule has 0 saturated heterocycles. The molecule has 9 nitrogen and oxygen atoms in total. The van der Waals surface area contributed by atoms with Gasteiger partial charge in [0.2, 0.25) is 0 Å². The summed E-state index contributed by atoms with van der Waals surface area (Å²) < 4.78 is 10.8. The van der Waals surface area contributed by atoms with Crippen LogP contribution in [0.15, 0.2) is 48.7 Å². The summed E-state index contributed by atoms with van der Waals surface area (Å²) in [6, 6.07) is 12.5. The number of anilines is 1. The van der Waals surface area contributed by atoms with E-state index in [0.29, 0.717) is 42.1 Å². The lowest BCUT2D eigenvalue weighted by Gasteiger charge is -2.08. The average Bonchev–Trinajstić information content (AvgIpc) is 2.67. The topological polar surface area (TPSA) is 137 Å². The predicted octanol–water partition coefficient (Wildman–Crippen LogP) is 2.77. The SMILES string of the molecule is O=C(NCCCCP(=O)(O)O)Nc1ccc2ncc(-c3ccccc3)nc2n1. The summed E-state index contributed by atoms with van der Waals surface area (Å²) >= 11 is 0. The Morgan fingerprint density at radius 3 is 2.57 bits per heavy atom. The van der Waals surface area contributed by atoms with Crippen LogP contribution in [0.2, 0.25) is 0 Å². The van der Waals surface area contributed by atoms with Gasteiger partial charge in [-0.15, -0.1) is 0 Å². The van der Waals surface area contributed by atoms with Crippen LogP contribution in [0, 0.1) is 0 Å². The fourth-order valence-corrected chi connectivity index (χ4v) is 3.16. The molecular weight excluding hydrogens is 381 g/mol. The van der Waals surface area contributed by atoms with E-state index in [2.05, 4.69) is 25.6 Å². The maximum Gasteiger partial charge on any atom is 0.325 e. The van der Waals surface area contributed by atoms with Crippen molar-refractivity contribution in [2.75, 3.05) is 18.0 Å². The fraction of sp³-hybridized carbons (Fsp3) is 0.222. The normalized spacial score (nSPS) is 11.4. The number of carbonyl (C=O) groups is 1. The van der Waals surface area contributed by atoms with E-state index in [4.69, 9.17) is 9.79 Å². The zero-order valence-electron chi connectivity index (χ0n) is 14.9. The number of nitrogens with zero attached hydrogens (tertiary/aromatic N) is 3. The van der Waals surface area contributed by atoms with Crippen LogP contribution in [0.1, 0.15) is 12.8 Å². The minimum absolute atomic E-state index is 0.190. The number of urea groups is 1. The zero-order valence-corrected chi connectivity index (χ0v) is 15.8. The predicted molar refractivity (Wildman–Crippen MR) is 106 cm³/mol. The Morgan fingerprint density at radius 1 is 1.04 bits per heavy atom. The van der Waals surface area contributed by atoms with Crippen LogP contribution in [0.3, 0.4) is 0 Å². The highest BCUT2D eigenvalue weighted by atomic mass is 31.2. The Hall–Kier alpha value is -2.87. The number of unbranched alkanes of at least 4 members (excludes halogenated alkanes) is 1. The van der Waals surface area contributed by atoms with Crippen LogP contribution in [0.4, 0.5) is 10.6 Å². The largest absolute Gasteiger partial charge is 0.338 e. The van der Waals surface area contributed by atoms with Gasteiger partial charge in [-0.3, -0.25) is 14.9 Å². The van der Waals surface area contributed by atoms with Crippen LogP contribution in [-0.4, -0.2) is 43.5 Å². The number of amides is 2. The smallest absolute Gasteiger partial charge is 0.325 e. The first kappa shape index (κ1) is 19.9. The molecule has 146 valence electrons. The molecule has 0 aliphatic heterocycles. The molecule has 3 rings (SSSR count). The van der Waals surface area contributed by atoms with Crippen molar-refractivity contribution in [3.63, 3.8) is 0 Å². The van der Waals surface area contributed by atoms with Crippen molar-refractivity contribution in [1.82, 2.24) is 20.3 Å². The minimum atomic E-state index is -3.99. The van der Waals surface area contributed by atoms with E-state index in [-0.39, 0.29) is 6.16 Å². The number of hydrogen-bond acceptors (Lipinski definition) is 5. The number of hydrogen-bond donors (Lipinski definition) is 4. The van der Waals surface area contributed by atoms with Crippen LogP contribution in [0.25, 0.3) is 22.4 Å². The Morgan fingerprint density at radius 2 is 1.82 bits per heavy atom. The quantitative estimate of drug-likeness (QED) is 0.353. The van der Waals surface area contributed by atoms with E-state index in [1.807, 2.05) is 30.3 Å². The number of nitrogens with one attached hydrogen (secondary N) is 2. The molecule has 0 fully saturated rings. The lowest BCUT2D eigenvalue weighted by atomic mass is 10.2. The highest BCUT2D eigenvalue weighted by Crippen LogP contribution is 2.35. The maximum absolute atomic E-state index is 11.9. The minimum Gasteiger partial charge on any atom is -0.338 e. The molecule has 0 radical (unpaired) electrons. The van der Waals surface area contributed by atoms with E-state index in [1.165, 1.54) is 0 Å². The second kappa shape index (κ2) is 8.88. The third kappa shape index (κ3) is 5.82. The van der Waals surface area contributed by atoms with Crippen molar-refractivity contribution in [2.24, 2.45) is 0 Å². The molecule has 2 heterocycles. The molecule has 0 aliphatic carbocycles. The van der Waals surface area contributed by atoms with E-state index in [1.54, 1.807) is 18.3 Å². The van der Waals surface area contributed by atoms with E-state index < -0.39 is 13.6 Å². The Bertz CT molecular complexity index is 1010. The van der Waals surface area contributed by atoms with Crippen molar-refractivity contribution in [1.29, 1.82) is 0 Å². The van der Waals surface area contributed by atoms with Crippen LogP contribution in [0.5, 0.6) is 0 Å². The van der Waals surface area contributed by atoms with Crippen LogP contribution in [-0.2, 0) is 4.57 Å². The molecule has 1 aromatic carbocycles. The summed E-state index contributed by atoms with van der Waals surface area (Å²) in [5, 5.41) is 5.24. The first-order valence-electron chi connectivity index (χ1n) is 8.69. The third-order valence-corrected chi connectivity index (χ3v) is 4.78. The number of aromatic nitrogens is 3. The van der Waals surface area contributed by atoms with E-state index >= 15 is 0 Å². The molecule has 28 heavy (non-hydrogen) atoms. The molecule has 10 heteroatoms. The monoisotopic (exact) mass is 401 g/mol. The molecule has 0 bridgehead atoms. The Kier molecular flexibility index (Phi) is 6.30. The van der Waals surface area contributed by atoms with Gasteiger partial charge in [0.15, 0.2) is 5.65 Å². The van der Waals surface area contributed by atoms with Gasteiger partial charge in [0.25, 0.3) is 0 Å². The average molecular weight is 401 g/mol. The number of fused-ring (bicyclic) bond motifs is 1. The zero-order chi connectivity index (χ0) is 20.0. The first-order chi connectivity index (χ1) is 13.4. The second-order valence-electron chi connectivity index (χ2n) is 6.14. The Balaban J connectivity index is 1.60. The van der Waals surface area contributed by atoms with Gasteiger partial charge in [-0.25, -0.2) is 14.8 Å². The third-order valence-electron chi connectivity index (χ3n) is 3.88. The highest BCUT2D eigenvalue weighted by molar-refractivity contribution is 7.51. The van der Waals surface area contributed by atoms with Crippen molar-refractivity contribution < 1.29 is 19.1 Å². The van der Waals surface area contributed by atoms with Gasteiger partial charge in [0, 0.05) is 18.3 Å². The van der Waals surface area contributed by atoms with Gasteiger partial charge in [-0.1, -0.05) is 30.3 Å². The van der Waals surface area contributed by atoms with Gasteiger partial charge in [0.1, 0.15) is 11.3 Å². The molecule has 0 aliphatic rings. The summed E-state index contributed by atoms with van der Waals surface area (Å²) in [5.74, 6) is 0.333. The van der Waals surface area contributed by atoms with Crippen molar-refractivity contribution in [3.8, 4) is 11.3 Å². The summed E-state index contributed by atoms with van der Waals surface area (Å²) in [5.41, 5.74) is 2.64. The van der Waals surface area contributed by atoms with Crippen LogP contribution >= 0.6 is 7.60 Å². The molecule has 2 aromatic heterocycles. The molecule has 0 unspecified atom stereocenters. The lowest BCUT2D eigenvalue weighted by molar-refractivity contribution is 0.252. The molecule has 0 saturated carbocycles. The summed E-state index contributed by atoms with van der Waals surface area (Å²) in [4.78, 5) is 42.7. The van der Waals surface area contributed by atoms with Crippen LogP contribution < -0.4 is 10.6 Å². The van der Waals surface area contributed by atoms with E-state index in [0.717, 1.165) is 5.56 Å². The van der Waals surface area contributed by atoms with Gasteiger partial charge >= 0.3 is 13.6 Å². The highest BCUT2D eigenvalue weighted by Gasteiger charge is 2.11. The van der Waals surface area contributed by atoms with Crippen molar-refractivity contribution in [3.05, 3.63) is 48.7 Å². The van der Waals surface area contributed by atoms with Gasteiger partial charge in [-0.05, 0) is 25.0 Å². The summed E-state index contributed by atoms with van der Waals surface area (Å²) in [6.07, 6.45) is 2.29. The summed E-state index contributed by atoms with van der Waals surface area (Å²) in [7, 11) is -3.99. The first-order valence-corrected chi connectivity index (χ1v) is 10.5. The number of rotatable bonds is 7. The maximum atomic E-state index is 11.9. The summed E-state index contributed by atoms with van der Waals surface area (Å²) in [6.45, 7) is 0.303. The molecule has 4 N–H and O–H groups in total. The van der Waals surface area contributed by atoms with E-state index in [9.17, 15) is 9.36 Å². The molecule has 2 amide bonds.